The number of fused-ring (bicyclic) bond motifs is 1. The molecule has 204 valence electrons. The molecule has 1 amide bonds. The van der Waals surface area contributed by atoms with E-state index in [-0.39, 0.29) is 5.11 Å². The molecule has 2 N–H and O–H groups in total. The summed E-state index contributed by atoms with van der Waals surface area (Å²) >= 11 is 5.43. The Hall–Kier alpha value is -4.38. The molecule has 0 aliphatic rings. The van der Waals surface area contributed by atoms with E-state index < -0.39 is 5.91 Å². The molecule has 1 aromatic heterocycles. The molecule has 0 spiro atoms. The van der Waals surface area contributed by atoms with Crippen molar-refractivity contribution in [1.29, 1.82) is 0 Å². The third kappa shape index (κ3) is 5.88. The van der Waals surface area contributed by atoms with Crippen molar-refractivity contribution >= 4 is 45.6 Å². The van der Waals surface area contributed by atoms with Gasteiger partial charge in [0, 0.05) is 30.0 Å². The molecule has 0 aliphatic heterocycles. The molecule has 3 aromatic carbocycles. The number of anilines is 2. The van der Waals surface area contributed by atoms with Crippen molar-refractivity contribution < 1.29 is 19.0 Å². The van der Waals surface area contributed by atoms with Crippen LogP contribution in [0.3, 0.4) is 0 Å². The number of amides is 1. The predicted molar refractivity (Wildman–Crippen MR) is 157 cm³/mol. The molecule has 10 nitrogen and oxygen atoms in total. The second-order valence-corrected chi connectivity index (χ2v) is 9.06. The summed E-state index contributed by atoms with van der Waals surface area (Å²) in [4.78, 5) is 16.8. The van der Waals surface area contributed by atoms with E-state index in [4.69, 9.17) is 26.4 Å². The SMILES string of the molecule is CCN(CC)c1ccc(-n2nc3cc(C)c(NC(=S)NC(=O)c4cc(OC)c(OC)c(OC)c4)cc3n2)cc1. The number of aromatic nitrogens is 3. The number of rotatable bonds is 9. The van der Waals surface area contributed by atoms with Gasteiger partial charge in [-0.2, -0.15) is 4.80 Å². The molecule has 1 heterocycles. The van der Waals surface area contributed by atoms with Crippen molar-refractivity contribution in [2.45, 2.75) is 20.8 Å². The number of hydrogen-bond acceptors (Lipinski definition) is 8. The normalized spacial score (nSPS) is 10.7. The summed E-state index contributed by atoms with van der Waals surface area (Å²) in [6.45, 7) is 8.10. The summed E-state index contributed by atoms with van der Waals surface area (Å²) in [5.74, 6) is 0.708. The first-order valence-electron chi connectivity index (χ1n) is 12.5. The highest BCUT2D eigenvalue weighted by Gasteiger charge is 2.18. The fourth-order valence-corrected chi connectivity index (χ4v) is 4.45. The topological polar surface area (TPSA) is 103 Å². The molecule has 0 saturated heterocycles. The maximum absolute atomic E-state index is 12.9. The van der Waals surface area contributed by atoms with E-state index in [2.05, 4.69) is 51.7 Å². The lowest BCUT2D eigenvalue weighted by atomic mass is 10.1. The Labute approximate surface area is 232 Å². The van der Waals surface area contributed by atoms with Crippen molar-refractivity contribution in [2.24, 2.45) is 0 Å². The number of methoxy groups -OCH3 is 3. The summed E-state index contributed by atoms with van der Waals surface area (Å²) in [5.41, 5.74) is 5.37. The number of carbonyl (C=O) groups excluding carboxylic acids is 1. The standard InChI is InChI=1S/C28H32N6O4S/c1-7-33(8-2)19-9-11-20(12-10-19)34-31-22-13-17(3)21(16-23(22)32-34)29-28(39)30-27(35)18-14-24(36-4)26(38-6)25(15-18)37-5/h9-16H,7-8H2,1-6H3,(H2,29,30,35,39). The Kier molecular flexibility index (Phi) is 8.50. The molecule has 11 heteroatoms. The molecule has 0 saturated carbocycles. The number of thiocarbonyl (C=S) groups is 1. The zero-order chi connectivity index (χ0) is 28.1. The molecule has 4 rings (SSSR count). The molecule has 0 radical (unpaired) electrons. The molecule has 0 aliphatic carbocycles. The van der Waals surface area contributed by atoms with Gasteiger partial charge in [0.1, 0.15) is 11.0 Å². The maximum Gasteiger partial charge on any atom is 0.257 e. The smallest absolute Gasteiger partial charge is 0.257 e. The first-order valence-corrected chi connectivity index (χ1v) is 12.9. The number of nitrogens with zero attached hydrogens (tertiary/aromatic N) is 4. The van der Waals surface area contributed by atoms with E-state index in [1.165, 1.54) is 21.3 Å². The van der Waals surface area contributed by atoms with Gasteiger partial charge in [-0.3, -0.25) is 10.1 Å². The minimum absolute atomic E-state index is 0.135. The minimum atomic E-state index is -0.426. The van der Waals surface area contributed by atoms with Crippen LogP contribution in [0.1, 0.15) is 29.8 Å². The van der Waals surface area contributed by atoms with E-state index in [0.29, 0.717) is 34.0 Å². The molecule has 0 unspecified atom stereocenters. The number of hydrogen-bond donors (Lipinski definition) is 2. The van der Waals surface area contributed by atoms with E-state index in [9.17, 15) is 4.79 Å². The van der Waals surface area contributed by atoms with Gasteiger partial charge in [-0.05, 0) is 87.1 Å². The highest BCUT2D eigenvalue weighted by Crippen LogP contribution is 2.38. The van der Waals surface area contributed by atoms with Crippen molar-refractivity contribution in [3.05, 3.63) is 59.7 Å². The van der Waals surface area contributed by atoms with Crippen molar-refractivity contribution in [3.8, 4) is 22.9 Å². The van der Waals surface area contributed by atoms with Gasteiger partial charge < -0.3 is 24.4 Å². The molecule has 39 heavy (non-hydrogen) atoms. The first-order chi connectivity index (χ1) is 18.8. The molecule has 4 aromatic rings. The second kappa shape index (κ2) is 12.0. The summed E-state index contributed by atoms with van der Waals surface area (Å²) in [5, 5.41) is 15.2. The van der Waals surface area contributed by atoms with E-state index in [1.807, 2.05) is 31.2 Å². The number of nitrogens with one attached hydrogen (secondary N) is 2. The lowest BCUT2D eigenvalue weighted by Crippen LogP contribution is -2.34. The zero-order valence-corrected chi connectivity index (χ0v) is 23.7. The van der Waals surface area contributed by atoms with Crippen LogP contribution in [0.5, 0.6) is 17.2 Å². The summed E-state index contributed by atoms with van der Waals surface area (Å²) < 4.78 is 16.0. The molecule has 0 bridgehead atoms. The minimum Gasteiger partial charge on any atom is -0.493 e. The van der Waals surface area contributed by atoms with Crippen LogP contribution in [-0.2, 0) is 0 Å². The van der Waals surface area contributed by atoms with Gasteiger partial charge in [0.25, 0.3) is 5.91 Å². The predicted octanol–water partition coefficient (Wildman–Crippen LogP) is 4.73. The lowest BCUT2D eigenvalue weighted by molar-refractivity contribution is 0.0977. The van der Waals surface area contributed by atoms with Gasteiger partial charge in [0.2, 0.25) is 5.75 Å². The fourth-order valence-electron chi connectivity index (χ4n) is 4.24. The molecule has 0 fully saturated rings. The highest BCUT2D eigenvalue weighted by atomic mass is 32.1. The number of aryl methyl sites for hydroxylation is 1. The van der Waals surface area contributed by atoms with Crippen LogP contribution in [0.25, 0.3) is 16.7 Å². The summed E-state index contributed by atoms with van der Waals surface area (Å²) in [6, 6.07) is 15.1. The summed E-state index contributed by atoms with van der Waals surface area (Å²) in [6.07, 6.45) is 0. The summed E-state index contributed by atoms with van der Waals surface area (Å²) in [7, 11) is 4.48. The van der Waals surface area contributed by atoms with E-state index >= 15 is 0 Å². The Bertz CT molecular complexity index is 1470. The number of ether oxygens (including phenoxy) is 3. The Morgan fingerprint density at radius 3 is 2.05 bits per heavy atom. The Morgan fingerprint density at radius 2 is 1.51 bits per heavy atom. The quantitative estimate of drug-likeness (QED) is 0.288. The van der Waals surface area contributed by atoms with Gasteiger partial charge in [-0.25, -0.2) is 0 Å². The Balaban J connectivity index is 1.51. The monoisotopic (exact) mass is 548 g/mol. The van der Waals surface area contributed by atoms with Crippen LogP contribution in [0, 0.1) is 6.92 Å². The molecule has 0 atom stereocenters. The number of benzene rings is 3. The van der Waals surface area contributed by atoms with E-state index in [1.54, 1.807) is 16.9 Å². The van der Waals surface area contributed by atoms with Crippen LogP contribution in [0.4, 0.5) is 11.4 Å². The second-order valence-electron chi connectivity index (χ2n) is 8.66. The third-order valence-corrected chi connectivity index (χ3v) is 6.54. The van der Waals surface area contributed by atoms with Gasteiger partial charge in [-0.1, -0.05) is 0 Å². The fraction of sp³-hybridized carbons (Fsp3) is 0.286. The maximum atomic E-state index is 12.9. The number of carbonyl (C=O) groups is 1. The van der Waals surface area contributed by atoms with Gasteiger partial charge in [0.05, 0.1) is 27.0 Å². The van der Waals surface area contributed by atoms with E-state index in [0.717, 1.165) is 35.5 Å². The van der Waals surface area contributed by atoms with Crippen LogP contribution < -0.4 is 29.7 Å². The van der Waals surface area contributed by atoms with Crippen molar-refractivity contribution in [3.63, 3.8) is 0 Å². The molecular formula is C28H32N6O4S. The zero-order valence-electron chi connectivity index (χ0n) is 22.9. The van der Waals surface area contributed by atoms with Crippen molar-refractivity contribution in [1.82, 2.24) is 20.3 Å². The van der Waals surface area contributed by atoms with Gasteiger partial charge in [0.15, 0.2) is 16.6 Å². The lowest BCUT2D eigenvalue weighted by Gasteiger charge is -2.20. The average molecular weight is 549 g/mol. The van der Waals surface area contributed by atoms with Crippen molar-refractivity contribution in [2.75, 3.05) is 44.6 Å². The third-order valence-electron chi connectivity index (χ3n) is 6.34. The van der Waals surface area contributed by atoms with Gasteiger partial charge in [-0.15, -0.1) is 10.2 Å². The largest absolute Gasteiger partial charge is 0.493 e. The Morgan fingerprint density at radius 1 is 0.923 bits per heavy atom. The highest BCUT2D eigenvalue weighted by molar-refractivity contribution is 7.80. The first kappa shape index (κ1) is 27.6. The van der Waals surface area contributed by atoms with Crippen LogP contribution in [-0.4, -0.2) is 60.4 Å². The van der Waals surface area contributed by atoms with Gasteiger partial charge >= 0.3 is 0 Å². The average Bonchev–Trinajstić information content (AvgIpc) is 3.35. The molecular weight excluding hydrogens is 516 g/mol. The van der Waals surface area contributed by atoms with Crippen LogP contribution >= 0.6 is 12.2 Å². The van der Waals surface area contributed by atoms with Crippen LogP contribution in [0.2, 0.25) is 0 Å². The van der Waals surface area contributed by atoms with Crippen LogP contribution in [0.15, 0.2) is 48.5 Å².